The maximum absolute atomic E-state index is 14.2. The van der Waals surface area contributed by atoms with E-state index in [-0.39, 0.29) is 24.3 Å². The Morgan fingerprint density at radius 3 is 2.04 bits per heavy atom. The van der Waals surface area contributed by atoms with Crippen LogP contribution in [0, 0.1) is 5.92 Å². The normalized spacial score (nSPS) is 16.7. The molecule has 1 amide bonds. The van der Waals surface area contributed by atoms with E-state index < -0.39 is 17.4 Å². The molecule has 0 spiro atoms. The molecule has 0 radical (unpaired) electrons. The van der Waals surface area contributed by atoms with Crippen LogP contribution in [0.15, 0.2) is 125 Å². The van der Waals surface area contributed by atoms with Gasteiger partial charge in [-0.2, -0.15) is 19.6 Å². The van der Waals surface area contributed by atoms with E-state index in [2.05, 4.69) is 10.2 Å². The largest absolute Gasteiger partial charge is 0.396 e. The molecule has 0 bridgehead atoms. The molecular formula is C37H31N5O5. The number of aliphatic hydroxyl groups excluding tert-OH is 1. The summed E-state index contributed by atoms with van der Waals surface area (Å²) < 4.78 is 2.59. The van der Waals surface area contributed by atoms with E-state index in [9.17, 15) is 24.6 Å². The first kappa shape index (κ1) is 30.0. The molecule has 3 heterocycles. The minimum Gasteiger partial charge on any atom is -0.396 e. The molecule has 47 heavy (non-hydrogen) atoms. The summed E-state index contributed by atoms with van der Waals surface area (Å²) in [6.45, 7) is 1.78. The third kappa shape index (κ3) is 5.04. The lowest BCUT2D eigenvalue weighted by molar-refractivity contribution is -0.139. The average Bonchev–Trinajstić information content (AvgIpc) is 3.31. The molecule has 6 aromatic rings. The number of hydrogen-bond donors (Lipinski definition) is 2. The summed E-state index contributed by atoms with van der Waals surface area (Å²) in [6, 6.07) is 26.7. The number of rotatable bonds is 8. The Bertz CT molecular complexity index is 2330. The highest BCUT2D eigenvalue weighted by atomic mass is 16.3. The van der Waals surface area contributed by atoms with Crippen molar-refractivity contribution in [2.24, 2.45) is 5.92 Å². The predicted octanol–water partition coefficient (Wildman–Crippen LogP) is 4.39. The molecule has 2 N–H and O–H groups in total. The van der Waals surface area contributed by atoms with Crippen LogP contribution in [-0.4, -0.2) is 42.3 Å². The Kier molecular flexibility index (Phi) is 7.59. The number of hydrogen-bond acceptors (Lipinski definition) is 7. The van der Waals surface area contributed by atoms with Crippen LogP contribution in [0.3, 0.4) is 0 Å². The van der Waals surface area contributed by atoms with Gasteiger partial charge in [-0.1, -0.05) is 67.6 Å². The van der Waals surface area contributed by atoms with Gasteiger partial charge in [-0.3, -0.25) is 14.4 Å². The van der Waals surface area contributed by atoms with Crippen LogP contribution in [0.2, 0.25) is 0 Å². The van der Waals surface area contributed by atoms with E-state index in [4.69, 9.17) is 0 Å². The zero-order chi connectivity index (χ0) is 32.7. The van der Waals surface area contributed by atoms with Crippen molar-refractivity contribution in [3.05, 3.63) is 147 Å². The average molecular weight is 626 g/mol. The maximum Gasteiger partial charge on any atom is 0.279 e. The quantitative estimate of drug-likeness (QED) is 0.240. The first-order valence-corrected chi connectivity index (χ1v) is 15.3. The Morgan fingerprint density at radius 2 is 1.40 bits per heavy atom. The molecular weight excluding hydrogens is 594 g/mol. The first-order chi connectivity index (χ1) is 22.8. The van der Waals surface area contributed by atoms with Crippen LogP contribution in [0.25, 0.3) is 32.9 Å². The smallest absolute Gasteiger partial charge is 0.279 e. The van der Waals surface area contributed by atoms with Gasteiger partial charge in [-0.05, 0) is 54.4 Å². The lowest BCUT2D eigenvalue weighted by atomic mass is 9.82. The van der Waals surface area contributed by atoms with Gasteiger partial charge in [0.25, 0.3) is 17.0 Å². The Labute approximate surface area is 269 Å². The van der Waals surface area contributed by atoms with E-state index in [0.717, 1.165) is 5.39 Å². The maximum atomic E-state index is 14.2. The van der Waals surface area contributed by atoms with Crippen LogP contribution in [0.4, 0.5) is 5.69 Å². The summed E-state index contributed by atoms with van der Waals surface area (Å²) in [5, 5.41) is 32.8. The lowest BCUT2D eigenvalue weighted by Crippen LogP contribution is -2.44. The van der Waals surface area contributed by atoms with Gasteiger partial charge in [0.2, 0.25) is 0 Å². The van der Waals surface area contributed by atoms with E-state index in [0.29, 0.717) is 50.8 Å². The lowest BCUT2D eigenvalue weighted by Gasteiger charge is -2.28. The van der Waals surface area contributed by atoms with Gasteiger partial charge in [-0.15, -0.1) is 0 Å². The van der Waals surface area contributed by atoms with Crippen molar-refractivity contribution in [1.29, 1.82) is 0 Å². The predicted molar refractivity (Wildman–Crippen MR) is 180 cm³/mol. The number of benzene rings is 4. The third-order valence-electron chi connectivity index (χ3n) is 8.76. The number of nitrogens with zero attached hydrogens (tertiary/aromatic N) is 5. The van der Waals surface area contributed by atoms with Crippen LogP contribution < -0.4 is 16.0 Å². The fourth-order valence-corrected chi connectivity index (χ4v) is 6.26. The van der Waals surface area contributed by atoms with Crippen LogP contribution >= 0.6 is 0 Å². The summed E-state index contributed by atoms with van der Waals surface area (Å²) in [5.41, 5.74) is -0.0561. The number of carbonyl (C=O) groups is 1. The third-order valence-corrected chi connectivity index (χ3v) is 8.76. The van der Waals surface area contributed by atoms with E-state index in [1.807, 2.05) is 30.3 Å². The topological polar surface area (TPSA) is 131 Å². The molecule has 2 atom stereocenters. The summed E-state index contributed by atoms with van der Waals surface area (Å²) in [5.74, 6) is -1.20. The Morgan fingerprint density at radius 1 is 0.787 bits per heavy atom. The van der Waals surface area contributed by atoms with Crippen LogP contribution in [0.5, 0.6) is 0 Å². The zero-order valence-corrected chi connectivity index (χ0v) is 25.5. The van der Waals surface area contributed by atoms with Crippen molar-refractivity contribution in [2.45, 2.75) is 25.5 Å². The van der Waals surface area contributed by atoms with Crippen molar-refractivity contribution in [3.63, 3.8) is 0 Å². The van der Waals surface area contributed by atoms with Gasteiger partial charge in [0.1, 0.15) is 0 Å². The second kappa shape index (κ2) is 11.9. The zero-order valence-electron chi connectivity index (χ0n) is 25.5. The Balaban J connectivity index is 1.31. The van der Waals surface area contributed by atoms with Crippen molar-refractivity contribution >= 4 is 33.1 Å². The molecule has 10 heteroatoms. The number of amides is 1. The molecule has 0 aliphatic carbocycles. The molecule has 1 aliphatic rings. The summed E-state index contributed by atoms with van der Waals surface area (Å²) >= 11 is 0. The first-order valence-electron chi connectivity index (χ1n) is 15.3. The van der Waals surface area contributed by atoms with E-state index >= 15 is 0 Å². The van der Waals surface area contributed by atoms with Crippen molar-refractivity contribution in [1.82, 2.24) is 19.6 Å². The standard InChI is InChI=1S/C37H31N5O5/c1-24(9-6-7-18-43)37(47)32-20-29(42-35(45)31-15-5-3-12-27(31)22-39-42)16-17-33(32)40(36(37)46)23-25-10-8-13-28(19-25)41-34(44)30-14-4-2-11-26(30)21-38-41/h2-6,8-17,19-22,24,43,47H,7,18,23H2,1H3/b9-6+/t24-,37+/m1/s1. The highest BCUT2D eigenvalue weighted by Gasteiger charge is 2.52. The fraction of sp³-hybridized carbons (Fsp3) is 0.162. The van der Waals surface area contributed by atoms with Gasteiger partial charge >= 0.3 is 0 Å². The fourth-order valence-electron chi connectivity index (χ4n) is 6.26. The highest BCUT2D eigenvalue weighted by Crippen LogP contribution is 2.46. The molecule has 4 aromatic carbocycles. The minimum atomic E-state index is -1.97. The number of carbonyl (C=O) groups excluding carboxylic acids is 1. The van der Waals surface area contributed by atoms with Crippen molar-refractivity contribution in [3.8, 4) is 11.4 Å². The van der Waals surface area contributed by atoms with Crippen molar-refractivity contribution < 1.29 is 15.0 Å². The Hall–Kier alpha value is -5.71. The molecule has 10 nitrogen and oxygen atoms in total. The second-order valence-electron chi connectivity index (χ2n) is 11.7. The van der Waals surface area contributed by atoms with E-state index in [1.54, 1.807) is 92.1 Å². The SMILES string of the molecule is C[C@H](/C=C/CCO)[C@@]1(O)C(=O)N(Cc2cccc(-n3ncc4ccccc4c3=O)c2)c2ccc(-n3ncc4ccccc4c3=O)cc21. The van der Waals surface area contributed by atoms with Crippen LogP contribution in [0.1, 0.15) is 24.5 Å². The highest BCUT2D eigenvalue weighted by molar-refractivity contribution is 6.07. The van der Waals surface area contributed by atoms with Gasteiger partial charge in [-0.25, -0.2) is 0 Å². The summed E-state index contributed by atoms with van der Waals surface area (Å²) in [4.78, 5) is 42.4. The van der Waals surface area contributed by atoms with Gasteiger partial charge in [0, 0.05) is 28.9 Å². The van der Waals surface area contributed by atoms with Crippen molar-refractivity contribution in [2.75, 3.05) is 11.5 Å². The number of fused-ring (bicyclic) bond motifs is 3. The number of aliphatic hydroxyl groups is 2. The van der Waals surface area contributed by atoms with Gasteiger partial charge < -0.3 is 15.1 Å². The van der Waals surface area contributed by atoms with Crippen LogP contribution in [-0.2, 0) is 16.9 Å². The van der Waals surface area contributed by atoms with E-state index in [1.165, 1.54) is 14.3 Å². The summed E-state index contributed by atoms with van der Waals surface area (Å²) in [6.07, 6.45) is 7.07. The molecule has 0 saturated carbocycles. The number of aromatic nitrogens is 4. The molecule has 1 aliphatic heterocycles. The molecule has 0 unspecified atom stereocenters. The van der Waals surface area contributed by atoms with Gasteiger partial charge in [0.15, 0.2) is 5.60 Å². The van der Waals surface area contributed by atoms with Gasteiger partial charge in [0.05, 0.1) is 46.8 Å². The second-order valence-corrected chi connectivity index (χ2v) is 11.7. The summed E-state index contributed by atoms with van der Waals surface area (Å²) in [7, 11) is 0. The molecule has 0 saturated heterocycles. The molecule has 0 fully saturated rings. The molecule has 234 valence electrons. The minimum absolute atomic E-state index is 0.0650. The monoisotopic (exact) mass is 625 g/mol. The molecule has 7 rings (SSSR count). The number of anilines is 1. The molecule has 2 aromatic heterocycles.